The SMILES string of the molecule is CN(C)c1ccc2[nH]c(C(=O)NN=Cc3ccccc3OC(=O)c3ccc(Cl)cc3Cl)c(-c3ccccc3)c2c1. The molecule has 0 atom stereocenters. The number of aromatic amines is 1. The summed E-state index contributed by atoms with van der Waals surface area (Å²) in [5.74, 6) is -0.808. The summed E-state index contributed by atoms with van der Waals surface area (Å²) in [4.78, 5) is 31.3. The number of halogens is 2. The van der Waals surface area contributed by atoms with Crippen LogP contribution in [0.2, 0.25) is 10.0 Å². The Morgan fingerprint density at radius 3 is 2.42 bits per heavy atom. The molecule has 200 valence electrons. The van der Waals surface area contributed by atoms with Crippen LogP contribution >= 0.6 is 23.2 Å². The van der Waals surface area contributed by atoms with Gasteiger partial charge in [0.05, 0.1) is 16.8 Å². The monoisotopic (exact) mass is 570 g/mol. The average Bonchev–Trinajstić information content (AvgIpc) is 3.33. The number of hydrogen-bond acceptors (Lipinski definition) is 5. The Balaban J connectivity index is 1.41. The molecule has 5 rings (SSSR count). The molecule has 0 bridgehead atoms. The van der Waals surface area contributed by atoms with Crippen molar-refractivity contribution in [1.29, 1.82) is 0 Å². The molecule has 0 saturated heterocycles. The Labute approximate surface area is 241 Å². The van der Waals surface area contributed by atoms with Crippen LogP contribution in [-0.4, -0.2) is 37.2 Å². The second-order valence-electron chi connectivity index (χ2n) is 9.12. The number of carbonyl (C=O) groups excluding carboxylic acids is 2. The summed E-state index contributed by atoms with van der Waals surface area (Å²) in [7, 11) is 3.94. The molecule has 0 spiro atoms. The standard InChI is InChI=1S/C31H24Cl2N4O3/c1-37(2)22-13-15-26-24(17-22)28(19-8-4-3-5-9-19)29(35-26)30(38)36-34-18-20-10-6-7-11-27(20)40-31(39)23-14-12-21(32)16-25(23)33/h3-18,35H,1-2H3,(H,36,38). The van der Waals surface area contributed by atoms with Gasteiger partial charge in [0.1, 0.15) is 11.4 Å². The minimum atomic E-state index is -0.644. The number of carbonyl (C=O) groups is 2. The summed E-state index contributed by atoms with van der Waals surface area (Å²) in [6.07, 6.45) is 1.42. The predicted octanol–water partition coefficient (Wildman–Crippen LogP) is 7.19. The van der Waals surface area contributed by atoms with Gasteiger partial charge in [-0.05, 0) is 54.1 Å². The van der Waals surface area contributed by atoms with E-state index in [0.29, 0.717) is 16.3 Å². The van der Waals surface area contributed by atoms with E-state index in [-0.39, 0.29) is 16.3 Å². The van der Waals surface area contributed by atoms with Crippen molar-refractivity contribution in [2.24, 2.45) is 5.10 Å². The van der Waals surface area contributed by atoms with Crippen molar-refractivity contribution in [2.75, 3.05) is 19.0 Å². The maximum absolute atomic E-state index is 13.4. The Morgan fingerprint density at radius 1 is 0.925 bits per heavy atom. The van der Waals surface area contributed by atoms with Crippen LogP contribution in [0.25, 0.3) is 22.0 Å². The zero-order valence-corrected chi connectivity index (χ0v) is 23.1. The van der Waals surface area contributed by atoms with E-state index in [1.165, 1.54) is 18.3 Å². The molecule has 9 heteroatoms. The summed E-state index contributed by atoms with van der Waals surface area (Å²) in [6, 6.07) is 27.0. The fourth-order valence-electron chi connectivity index (χ4n) is 4.24. The summed E-state index contributed by atoms with van der Waals surface area (Å²) < 4.78 is 5.56. The second kappa shape index (κ2) is 11.7. The molecule has 0 aliphatic carbocycles. The molecule has 0 aliphatic heterocycles. The van der Waals surface area contributed by atoms with Crippen molar-refractivity contribution in [3.05, 3.63) is 118 Å². The highest BCUT2D eigenvalue weighted by Crippen LogP contribution is 2.34. The third kappa shape index (κ3) is 5.71. The highest BCUT2D eigenvalue weighted by Gasteiger charge is 2.20. The average molecular weight is 571 g/mol. The van der Waals surface area contributed by atoms with Crippen molar-refractivity contribution >= 4 is 57.9 Å². The van der Waals surface area contributed by atoms with Crippen LogP contribution in [0.3, 0.4) is 0 Å². The lowest BCUT2D eigenvalue weighted by Gasteiger charge is -2.12. The number of esters is 1. The van der Waals surface area contributed by atoms with Gasteiger partial charge < -0.3 is 14.6 Å². The summed E-state index contributed by atoms with van der Waals surface area (Å²) >= 11 is 12.1. The molecule has 7 nitrogen and oxygen atoms in total. The molecule has 40 heavy (non-hydrogen) atoms. The lowest BCUT2D eigenvalue weighted by atomic mass is 10.0. The van der Waals surface area contributed by atoms with Crippen LogP contribution in [0.15, 0.2) is 96.1 Å². The molecule has 1 aromatic heterocycles. The number of rotatable bonds is 7. The zero-order valence-electron chi connectivity index (χ0n) is 21.6. The van der Waals surface area contributed by atoms with Gasteiger partial charge in [0.2, 0.25) is 0 Å². The molecule has 1 heterocycles. The topological polar surface area (TPSA) is 86.8 Å². The van der Waals surface area contributed by atoms with Gasteiger partial charge in [-0.2, -0.15) is 5.10 Å². The maximum Gasteiger partial charge on any atom is 0.345 e. The van der Waals surface area contributed by atoms with E-state index in [0.717, 1.165) is 27.7 Å². The third-order valence-electron chi connectivity index (χ3n) is 6.23. The fourth-order valence-corrected chi connectivity index (χ4v) is 4.73. The number of aromatic nitrogens is 1. The van der Waals surface area contributed by atoms with Crippen molar-refractivity contribution in [1.82, 2.24) is 10.4 Å². The highest BCUT2D eigenvalue weighted by molar-refractivity contribution is 6.36. The van der Waals surface area contributed by atoms with E-state index < -0.39 is 11.9 Å². The van der Waals surface area contributed by atoms with Gasteiger partial charge in [-0.15, -0.1) is 0 Å². The van der Waals surface area contributed by atoms with Crippen LogP contribution in [0, 0.1) is 0 Å². The van der Waals surface area contributed by atoms with E-state index in [1.807, 2.05) is 67.5 Å². The Kier molecular flexibility index (Phi) is 7.86. The van der Waals surface area contributed by atoms with Crippen molar-refractivity contribution in [2.45, 2.75) is 0 Å². The molecule has 0 aliphatic rings. The van der Waals surface area contributed by atoms with E-state index in [9.17, 15) is 9.59 Å². The van der Waals surface area contributed by atoms with E-state index >= 15 is 0 Å². The Hall–Kier alpha value is -4.59. The molecule has 0 fully saturated rings. The summed E-state index contributed by atoms with van der Waals surface area (Å²) in [5.41, 5.74) is 7.16. The van der Waals surface area contributed by atoms with Gasteiger partial charge in [0, 0.05) is 46.8 Å². The number of H-pyrrole nitrogens is 1. The number of nitrogens with zero attached hydrogens (tertiary/aromatic N) is 2. The molecule has 1 amide bonds. The van der Waals surface area contributed by atoms with Gasteiger partial charge in [0.25, 0.3) is 5.91 Å². The van der Waals surface area contributed by atoms with E-state index in [4.69, 9.17) is 27.9 Å². The van der Waals surface area contributed by atoms with Gasteiger partial charge in [0.15, 0.2) is 0 Å². The number of anilines is 1. The number of amides is 1. The van der Waals surface area contributed by atoms with E-state index in [1.54, 1.807) is 30.3 Å². The van der Waals surface area contributed by atoms with Crippen LogP contribution in [0.4, 0.5) is 5.69 Å². The number of benzene rings is 4. The maximum atomic E-state index is 13.4. The normalized spacial score (nSPS) is 11.1. The second-order valence-corrected chi connectivity index (χ2v) is 9.96. The smallest absolute Gasteiger partial charge is 0.345 e. The van der Waals surface area contributed by atoms with E-state index in [2.05, 4.69) is 15.5 Å². The molecular formula is C31H24Cl2N4O3. The van der Waals surface area contributed by atoms with Crippen LogP contribution in [-0.2, 0) is 0 Å². The number of ether oxygens (including phenoxy) is 1. The molecule has 2 N–H and O–H groups in total. The highest BCUT2D eigenvalue weighted by atomic mass is 35.5. The lowest BCUT2D eigenvalue weighted by molar-refractivity contribution is 0.0734. The summed E-state index contributed by atoms with van der Waals surface area (Å²) in [6.45, 7) is 0. The number of nitrogens with one attached hydrogen (secondary N) is 2. The first-order valence-corrected chi connectivity index (χ1v) is 13.1. The first kappa shape index (κ1) is 27.0. The first-order chi connectivity index (χ1) is 19.3. The van der Waals surface area contributed by atoms with Crippen LogP contribution in [0.1, 0.15) is 26.4 Å². The van der Waals surface area contributed by atoms with Crippen molar-refractivity contribution in [3.8, 4) is 16.9 Å². The molecule has 4 aromatic carbocycles. The van der Waals surface area contributed by atoms with Crippen molar-refractivity contribution < 1.29 is 14.3 Å². The number of hydrogen-bond donors (Lipinski definition) is 2. The Bertz CT molecular complexity index is 1750. The fraction of sp³-hybridized carbons (Fsp3) is 0.0645. The minimum Gasteiger partial charge on any atom is -0.422 e. The molecular weight excluding hydrogens is 547 g/mol. The largest absolute Gasteiger partial charge is 0.422 e. The molecule has 0 unspecified atom stereocenters. The first-order valence-electron chi connectivity index (χ1n) is 12.3. The number of hydrazone groups is 1. The zero-order chi connectivity index (χ0) is 28.2. The third-order valence-corrected chi connectivity index (χ3v) is 6.78. The van der Waals surface area contributed by atoms with Crippen molar-refractivity contribution in [3.63, 3.8) is 0 Å². The lowest BCUT2D eigenvalue weighted by Crippen LogP contribution is -2.19. The summed E-state index contributed by atoms with van der Waals surface area (Å²) in [5, 5.41) is 5.66. The number of para-hydroxylation sites is 1. The minimum absolute atomic E-state index is 0.177. The Morgan fingerprint density at radius 2 is 1.68 bits per heavy atom. The van der Waals surface area contributed by atoms with Gasteiger partial charge in [-0.3, -0.25) is 4.79 Å². The van der Waals surface area contributed by atoms with Gasteiger partial charge in [-0.25, -0.2) is 10.2 Å². The predicted molar refractivity (Wildman–Crippen MR) is 161 cm³/mol. The van der Waals surface area contributed by atoms with Crippen LogP contribution in [0.5, 0.6) is 5.75 Å². The molecule has 0 radical (unpaired) electrons. The molecule has 0 saturated carbocycles. The number of fused-ring (bicyclic) bond motifs is 1. The van der Waals surface area contributed by atoms with Gasteiger partial charge >= 0.3 is 5.97 Å². The van der Waals surface area contributed by atoms with Crippen LogP contribution < -0.4 is 15.1 Å². The quantitative estimate of drug-likeness (QED) is 0.0937. The molecule has 5 aromatic rings. The van der Waals surface area contributed by atoms with Gasteiger partial charge in [-0.1, -0.05) is 65.7 Å².